The zero-order chi connectivity index (χ0) is 23.3. The summed E-state index contributed by atoms with van der Waals surface area (Å²) in [5.74, 6) is 0.765. The van der Waals surface area contributed by atoms with Gasteiger partial charge in [-0.1, -0.05) is 19.1 Å². The Kier molecular flexibility index (Phi) is 7.10. The van der Waals surface area contributed by atoms with E-state index >= 15 is 0 Å². The Balaban J connectivity index is 1.40. The Morgan fingerprint density at radius 2 is 1.85 bits per heavy atom. The maximum Gasteiger partial charge on any atom is 0.255 e. The van der Waals surface area contributed by atoms with E-state index < -0.39 is 10.0 Å². The molecule has 3 aromatic rings. The maximum absolute atomic E-state index is 12.9. The maximum atomic E-state index is 12.9. The third-order valence-electron chi connectivity index (χ3n) is 5.80. The van der Waals surface area contributed by atoms with E-state index in [1.54, 1.807) is 24.7 Å². The lowest BCUT2D eigenvalue weighted by molar-refractivity contribution is 0.102. The van der Waals surface area contributed by atoms with Crippen molar-refractivity contribution in [2.45, 2.75) is 31.2 Å². The molecule has 0 atom stereocenters. The summed E-state index contributed by atoms with van der Waals surface area (Å²) in [6.45, 7) is 4.26. The molecule has 2 heterocycles. The molecule has 0 spiro atoms. The molecule has 4 rings (SSSR count). The quantitative estimate of drug-likeness (QED) is 0.545. The first-order valence-electron chi connectivity index (χ1n) is 11.0. The van der Waals surface area contributed by atoms with Crippen LogP contribution in [0.5, 0.6) is 5.75 Å². The van der Waals surface area contributed by atoms with Gasteiger partial charge in [-0.3, -0.25) is 4.79 Å². The summed E-state index contributed by atoms with van der Waals surface area (Å²) < 4.78 is 35.1. The molecule has 8 nitrogen and oxygen atoms in total. The van der Waals surface area contributed by atoms with Crippen molar-refractivity contribution < 1.29 is 17.9 Å². The zero-order valence-corrected chi connectivity index (χ0v) is 19.4. The van der Waals surface area contributed by atoms with E-state index in [1.807, 2.05) is 22.9 Å². The van der Waals surface area contributed by atoms with Crippen molar-refractivity contribution in [3.05, 3.63) is 72.8 Å². The standard InChI is InChI=1S/C24H28N4O4S/c1-19-10-13-28(14-11-19)33(30,31)21-8-6-20(7-9-21)24(29)26-22-4-2-3-5-23(22)32-17-16-27-15-12-25-18-27/h2-9,12,15,18-19H,10-11,13-14,16-17H2,1H3,(H,26,29). The zero-order valence-electron chi connectivity index (χ0n) is 18.6. The number of anilines is 1. The highest BCUT2D eigenvalue weighted by molar-refractivity contribution is 7.89. The van der Waals surface area contributed by atoms with Crippen molar-refractivity contribution >= 4 is 21.6 Å². The molecule has 1 fully saturated rings. The Morgan fingerprint density at radius 3 is 2.55 bits per heavy atom. The normalized spacial score (nSPS) is 15.3. The van der Waals surface area contributed by atoms with Crippen LogP contribution in [0.25, 0.3) is 0 Å². The number of hydrogen-bond donors (Lipinski definition) is 1. The number of amides is 1. The van der Waals surface area contributed by atoms with Crippen LogP contribution in [0.1, 0.15) is 30.1 Å². The van der Waals surface area contributed by atoms with Gasteiger partial charge in [0.1, 0.15) is 12.4 Å². The average Bonchev–Trinajstić information content (AvgIpc) is 3.34. The van der Waals surface area contributed by atoms with E-state index in [0.29, 0.717) is 49.2 Å². The van der Waals surface area contributed by atoms with Crippen LogP contribution in [0, 0.1) is 5.92 Å². The lowest BCUT2D eigenvalue weighted by Gasteiger charge is -2.29. The number of nitrogens with one attached hydrogen (secondary N) is 1. The van der Waals surface area contributed by atoms with Crippen molar-refractivity contribution in [1.29, 1.82) is 0 Å². The predicted octanol–water partition coefficient (Wildman–Crippen LogP) is 3.64. The molecule has 1 N–H and O–H groups in total. The molecular weight excluding hydrogens is 440 g/mol. The number of imidazole rings is 1. The number of aromatic nitrogens is 2. The molecule has 33 heavy (non-hydrogen) atoms. The molecule has 1 aromatic heterocycles. The number of benzene rings is 2. The Bertz CT molecular complexity index is 1170. The molecule has 9 heteroatoms. The van der Waals surface area contributed by atoms with Crippen LogP contribution >= 0.6 is 0 Å². The van der Waals surface area contributed by atoms with Gasteiger partial charge in [0.2, 0.25) is 10.0 Å². The van der Waals surface area contributed by atoms with Crippen molar-refractivity contribution in [3.8, 4) is 5.75 Å². The van der Waals surface area contributed by atoms with Crippen LogP contribution in [0.2, 0.25) is 0 Å². The number of hydrogen-bond acceptors (Lipinski definition) is 5. The minimum absolute atomic E-state index is 0.205. The minimum atomic E-state index is -3.55. The first kappa shape index (κ1) is 23.0. The summed E-state index contributed by atoms with van der Waals surface area (Å²) in [4.78, 5) is 17.0. The molecule has 0 saturated carbocycles. The third kappa shape index (κ3) is 5.61. The van der Waals surface area contributed by atoms with Gasteiger partial charge < -0.3 is 14.6 Å². The van der Waals surface area contributed by atoms with Gasteiger partial charge in [-0.05, 0) is 55.2 Å². The number of nitrogens with zero attached hydrogens (tertiary/aromatic N) is 3. The molecule has 2 aromatic carbocycles. The number of ether oxygens (including phenoxy) is 1. The average molecular weight is 469 g/mol. The fraction of sp³-hybridized carbons (Fsp3) is 0.333. The van der Waals surface area contributed by atoms with Gasteiger partial charge in [-0.15, -0.1) is 0 Å². The van der Waals surface area contributed by atoms with Crippen LogP contribution in [-0.2, 0) is 16.6 Å². The van der Waals surface area contributed by atoms with Crippen molar-refractivity contribution in [1.82, 2.24) is 13.9 Å². The van der Waals surface area contributed by atoms with E-state index in [4.69, 9.17) is 4.74 Å². The summed E-state index contributed by atoms with van der Waals surface area (Å²) in [6.07, 6.45) is 7.00. The largest absolute Gasteiger partial charge is 0.490 e. The fourth-order valence-corrected chi connectivity index (χ4v) is 5.19. The molecule has 0 aliphatic carbocycles. The summed E-state index contributed by atoms with van der Waals surface area (Å²) in [5.41, 5.74) is 0.918. The first-order valence-corrected chi connectivity index (χ1v) is 12.5. The predicted molar refractivity (Wildman–Crippen MR) is 126 cm³/mol. The van der Waals surface area contributed by atoms with Crippen LogP contribution < -0.4 is 10.1 Å². The van der Waals surface area contributed by atoms with Gasteiger partial charge in [0.15, 0.2) is 0 Å². The molecule has 0 unspecified atom stereocenters. The van der Waals surface area contributed by atoms with Gasteiger partial charge in [-0.25, -0.2) is 13.4 Å². The smallest absolute Gasteiger partial charge is 0.255 e. The Hall–Kier alpha value is -3.17. The van der Waals surface area contributed by atoms with E-state index in [2.05, 4.69) is 17.2 Å². The Labute approximate surface area is 194 Å². The van der Waals surface area contributed by atoms with Crippen molar-refractivity contribution in [2.24, 2.45) is 5.92 Å². The van der Waals surface area contributed by atoms with Crippen molar-refractivity contribution in [3.63, 3.8) is 0 Å². The van der Waals surface area contributed by atoms with E-state index in [9.17, 15) is 13.2 Å². The van der Waals surface area contributed by atoms with Gasteiger partial charge in [0, 0.05) is 31.0 Å². The summed E-state index contributed by atoms with van der Waals surface area (Å²) in [6, 6.07) is 13.3. The number of para-hydroxylation sites is 2. The Morgan fingerprint density at radius 1 is 1.12 bits per heavy atom. The molecule has 0 radical (unpaired) electrons. The monoisotopic (exact) mass is 468 g/mol. The van der Waals surface area contributed by atoms with Gasteiger partial charge >= 0.3 is 0 Å². The SMILES string of the molecule is CC1CCN(S(=O)(=O)c2ccc(C(=O)Nc3ccccc3OCCn3ccnc3)cc2)CC1. The van der Waals surface area contributed by atoms with Gasteiger partial charge in [0.25, 0.3) is 5.91 Å². The topological polar surface area (TPSA) is 93.5 Å². The highest BCUT2D eigenvalue weighted by atomic mass is 32.2. The summed E-state index contributed by atoms with van der Waals surface area (Å²) in [7, 11) is -3.55. The molecule has 1 amide bonds. The number of rotatable bonds is 8. The summed E-state index contributed by atoms with van der Waals surface area (Å²) in [5, 5.41) is 2.85. The second-order valence-corrected chi connectivity index (χ2v) is 10.1. The van der Waals surface area contributed by atoms with Crippen molar-refractivity contribution in [2.75, 3.05) is 25.0 Å². The fourth-order valence-electron chi connectivity index (χ4n) is 3.72. The highest BCUT2D eigenvalue weighted by Crippen LogP contribution is 2.26. The number of carbonyl (C=O) groups is 1. The van der Waals surface area contributed by atoms with Crippen LogP contribution in [-0.4, -0.2) is 47.9 Å². The number of carbonyl (C=O) groups excluding carboxylic acids is 1. The molecule has 1 saturated heterocycles. The highest BCUT2D eigenvalue weighted by Gasteiger charge is 2.28. The number of piperidine rings is 1. The molecule has 1 aliphatic heterocycles. The molecule has 174 valence electrons. The van der Waals surface area contributed by atoms with Crippen LogP contribution in [0.15, 0.2) is 72.1 Å². The molecular formula is C24H28N4O4S. The second-order valence-electron chi connectivity index (χ2n) is 8.21. The second kappa shape index (κ2) is 10.2. The summed E-state index contributed by atoms with van der Waals surface area (Å²) >= 11 is 0. The van der Waals surface area contributed by atoms with Gasteiger partial charge in [0.05, 0.1) is 23.5 Å². The van der Waals surface area contributed by atoms with Gasteiger partial charge in [-0.2, -0.15) is 4.31 Å². The molecule has 1 aliphatic rings. The van der Waals surface area contributed by atoms with Crippen LogP contribution in [0.4, 0.5) is 5.69 Å². The first-order chi connectivity index (χ1) is 15.9. The van der Waals surface area contributed by atoms with Crippen LogP contribution in [0.3, 0.4) is 0 Å². The lowest BCUT2D eigenvalue weighted by Crippen LogP contribution is -2.37. The van der Waals surface area contributed by atoms with E-state index in [0.717, 1.165) is 12.8 Å². The molecule has 0 bridgehead atoms. The number of sulfonamides is 1. The van der Waals surface area contributed by atoms with E-state index in [-0.39, 0.29) is 10.8 Å². The minimum Gasteiger partial charge on any atom is -0.490 e. The van der Waals surface area contributed by atoms with E-state index in [1.165, 1.54) is 28.6 Å². The third-order valence-corrected chi connectivity index (χ3v) is 7.71. The lowest BCUT2D eigenvalue weighted by atomic mass is 10.0.